The van der Waals surface area contributed by atoms with Crippen LogP contribution in [0.5, 0.6) is 0 Å². The fraction of sp³-hybridized carbons (Fsp3) is 0.500. The number of alkyl carbamates (subject to hydrolysis) is 1. The van der Waals surface area contributed by atoms with Gasteiger partial charge in [-0.15, -0.1) is 0 Å². The van der Waals surface area contributed by atoms with E-state index in [9.17, 15) is 19.2 Å². The minimum atomic E-state index is -1.23. The summed E-state index contributed by atoms with van der Waals surface area (Å²) in [6.07, 6.45) is 4.54. The van der Waals surface area contributed by atoms with E-state index < -0.39 is 41.5 Å². The minimum Gasteiger partial charge on any atom is -0.444 e. The van der Waals surface area contributed by atoms with E-state index in [0.717, 1.165) is 10.5 Å². The van der Waals surface area contributed by atoms with Crippen LogP contribution in [-0.2, 0) is 19.1 Å². The maximum absolute atomic E-state index is 13.5. The third-order valence-corrected chi connectivity index (χ3v) is 4.47. The normalized spacial score (nSPS) is 12.8. The van der Waals surface area contributed by atoms with Crippen molar-refractivity contribution < 1.29 is 23.9 Å². The predicted octanol–water partition coefficient (Wildman–Crippen LogP) is 2.14. The topological polar surface area (TPSA) is 131 Å². The number of nitrogens with zero attached hydrogens (tertiary/aromatic N) is 1. The first-order valence-corrected chi connectivity index (χ1v) is 10.7. The third-order valence-electron chi connectivity index (χ3n) is 4.47. The van der Waals surface area contributed by atoms with Crippen molar-refractivity contribution in [2.75, 3.05) is 0 Å². The minimum absolute atomic E-state index is 0.113. The fourth-order valence-electron chi connectivity index (χ4n) is 3.08. The summed E-state index contributed by atoms with van der Waals surface area (Å²) in [5, 5.41) is 5.24. The fourth-order valence-corrected chi connectivity index (χ4v) is 3.08. The van der Waals surface area contributed by atoms with Crippen LogP contribution in [0.4, 0.5) is 4.79 Å². The van der Waals surface area contributed by atoms with Gasteiger partial charge in [0.2, 0.25) is 11.8 Å². The highest BCUT2D eigenvalue weighted by molar-refractivity contribution is 5.93. The molecule has 180 valence electrons. The zero-order valence-corrected chi connectivity index (χ0v) is 20.1. The van der Waals surface area contributed by atoms with Crippen LogP contribution in [0.15, 0.2) is 24.3 Å². The Hall–Kier alpha value is -3.54. The van der Waals surface area contributed by atoms with E-state index in [1.165, 1.54) is 0 Å². The molecule has 2 unspecified atom stereocenters. The average Bonchev–Trinajstić information content (AvgIpc) is 2.67. The molecule has 1 aromatic rings. The highest BCUT2D eigenvalue weighted by Crippen LogP contribution is 2.25. The summed E-state index contributed by atoms with van der Waals surface area (Å²) < 4.78 is 5.23. The number of ether oxygens (including phenoxy) is 1. The lowest BCUT2D eigenvalue weighted by Crippen LogP contribution is -2.52. The summed E-state index contributed by atoms with van der Waals surface area (Å²) in [6.45, 7) is 10.4. The molecular formula is C24H34N4O5. The Kier molecular flexibility index (Phi) is 9.92. The van der Waals surface area contributed by atoms with Gasteiger partial charge in [-0.25, -0.2) is 4.79 Å². The zero-order chi connectivity index (χ0) is 25.3. The van der Waals surface area contributed by atoms with Gasteiger partial charge in [0, 0.05) is 18.5 Å². The molecule has 4 amide bonds. The Morgan fingerprint density at radius 3 is 2.24 bits per heavy atom. The van der Waals surface area contributed by atoms with Crippen LogP contribution in [0.25, 0.3) is 0 Å². The van der Waals surface area contributed by atoms with E-state index in [4.69, 9.17) is 16.9 Å². The summed E-state index contributed by atoms with van der Waals surface area (Å²) in [7, 11) is 0. The zero-order valence-electron chi connectivity index (χ0n) is 20.1. The SMILES string of the molecule is C#CN(C(=O)C(CCC(N)=O)NC(=O)OC(C)(C)C)C(C(=O)NC(C)C)c1ccccc1C. The lowest BCUT2D eigenvalue weighted by atomic mass is 9.98. The number of carbonyl (C=O) groups excluding carboxylic acids is 4. The largest absolute Gasteiger partial charge is 0.444 e. The Morgan fingerprint density at radius 1 is 1.15 bits per heavy atom. The van der Waals surface area contributed by atoms with Crippen LogP contribution >= 0.6 is 0 Å². The number of primary amides is 1. The number of amides is 4. The Bertz CT molecular complexity index is 914. The van der Waals surface area contributed by atoms with Gasteiger partial charge < -0.3 is 21.1 Å². The standard InChI is InChI=1S/C24H34N4O5/c1-8-28(20(21(30)26-15(2)3)17-12-10-9-11-16(17)4)22(31)18(13-14-19(25)29)27-23(32)33-24(5,6)7/h1,9-12,15,18,20H,13-14H2,2-7H3,(H2,25,29)(H,26,30)(H,27,32). The molecule has 4 N–H and O–H groups in total. The van der Waals surface area contributed by atoms with Crippen molar-refractivity contribution in [3.8, 4) is 12.5 Å². The van der Waals surface area contributed by atoms with Gasteiger partial charge in [-0.1, -0.05) is 30.7 Å². The van der Waals surface area contributed by atoms with E-state index in [-0.39, 0.29) is 18.9 Å². The smallest absolute Gasteiger partial charge is 0.408 e. The van der Waals surface area contributed by atoms with Crippen LogP contribution in [0.2, 0.25) is 0 Å². The van der Waals surface area contributed by atoms with Crippen molar-refractivity contribution in [3.63, 3.8) is 0 Å². The molecule has 0 radical (unpaired) electrons. The molecule has 2 atom stereocenters. The third kappa shape index (κ3) is 8.85. The molecule has 0 aromatic heterocycles. The van der Waals surface area contributed by atoms with Gasteiger partial charge >= 0.3 is 6.09 Å². The number of nitrogens with one attached hydrogen (secondary N) is 2. The van der Waals surface area contributed by atoms with Crippen molar-refractivity contribution in [2.24, 2.45) is 5.73 Å². The monoisotopic (exact) mass is 458 g/mol. The number of aryl methyl sites for hydroxylation is 1. The molecule has 0 heterocycles. The highest BCUT2D eigenvalue weighted by atomic mass is 16.6. The molecule has 0 aliphatic rings. The van der Waals surface area contributed by atoms with E-state index in [1.807, 2.05) is 0 Å². The van der Waals surface area contributed by atoms with E-state index in [2.05, 4.69) is 16.7 Å². The Balaban J connectivity index is 3.38. The molecule has 0 aliphatic carbocycles. The van der Waals surface area contributed by atoms with Crippen LogP contribution in [0, 0.1) is 19.4 Å². The summed E-state index contributed by atoms with van der Waals surface area (Å²) in [5.41, 5.74) is 5.72. The van der Waals surface area contributed by atoms with E-state index in [0.29, 0.717) is 5.56 Å². The number of hydrogen-bond donors (Lipinski definition) is 3. The first kappa shape index (κ1) is 27.5. The summed E-state index contributed by atoms with van der Waals surface area (Å²) in [5.74, 6) is -1.87. The summed E-state index contributed by atoms with van der Waals surface area (Å²) in [4.78, 5) is 51.3. The van der Waals surface area contributed by atoms with Gasteiger partial charge in [-0.05, 0) is 59.1 Å². The van der Waals surface area contributed by atoms with Gasteiger partial charge in [0.15, 0.2) is 0 Å². The average molecular weight is 459 g/mol. The van der Waals surface area contributed by atoms with Crippen LogP contribution in [-0.4, -0.2) is 46.4 Å². The van der Waals surface area contributed by atoms with Crippen molar-refractivity contribution in [1.82, 2.24) is 15.5 Å². The number of terminal acetylenes is 1. The van der Waals surface area contributed by atoms with Gasteiger partial charge in [0.1, 0.15) is 17.7 Å². The predicted molar refractivity (Wildman–Crippen MR) is 124 cm³/mol. The molecule has 33 heavy (non-hydrogen) atoms. The van der Waals surface area contributed by atoms with Gasteiger partial charge in [0.25, 0.3) is 5.91 Å². The molecule has 0 saturated heterocycles. The van der Waals surface area contributed by atoms with Gasteiger partial charge in [0.05, 0.1) is 0 Å². The highest BCUT2D eigenvalue weighted by Gasteiger charge is 2.36. The van der Waals surface area contributed by atoms with Crippen molar-refractivity contribution in [3.05, 3.63) is 35.4 Å². The first-order valence-electron chi connectivity index (χ1n) is 10.7. The maximum atomic E-state index is 13.5. The Morgan fingerprint density at radius 2 is 1.76 bits per heavy atom. The second-order valence-electron chi connectivity index (χ2n) is 8.96. The van der Waals surface area contributed by atoms with E-state index in [1.54, 1.807) is 65.8 Å². The molecule has 0 saturated carbocycles. The number of carbonyl (C=O) groups is 4. The van der Waals surface area contributed by atoms with Gasteiger partial charge in [-0.2, -0.15) is 0 Å². The lowest BCUT2D eigenvalue weighted by molar-refractivity contribution is -0.139. The van der Waals surface area contributed by atoms with Crippen molar-refractivity contribution >= 4 is 23.8 Å². The van der Waals surface area contributed by atoms with Gasteiger partial charge in [-0.3, -0.25) is 19.3 Å². The second-order valence-corrected chi connectivity index (χ2v) is 8.96. The molecule has 0 bridgehead atoms. The molecular weight excluding hydrogens is 424 g/mol. The molecule has 0 spiro atoms. The Labute approximate surface area is 195 Å². The van der Waals surface area contributed by atoms with Crippen molar-refractivity contribution in [2.45, 2.75) is 78.1 Å². The maximum Gasteiger partial charge on any atom is 0.408 e. The molecule has 9 nitrogen and oxygen atoms in total. The summed E-state index contributed by atoms with van der Waals surface area (Å²) >= 11 is 0. The number of nitrogens with two attached hydrogens (primary N) is 1. The van der Waals surface area contributed by atoms with Crippen molar-refractivity contribution in [1.29, 1.82) is 0 Å². The lowest BCUT2D eigenvalue weighted by Gasteiger charge is -2.31. The second kappa shape index (κ2) is 11.9. The molecule has 0 aliphatic heterocycles. The number of rotatable bonds is 9. The molecule has 1 aromatic carbocycles. The summed E-state index contributed by atoms with van der Waals surface area (Å²) in [6, 6.07) is 6.74. The van der Waals surface area contributed by atoms with Crippen LogP contribution in [0.1, 0.15) is 64.6 Å². The quantitative estimate of drug-likeness (QED) is 0.385. The molecule has 1 rings (SSSR count). The first-order chi connectivity index (χ1) is 15.3. The molecule has 0 fully saturated rings. The van der Waals surface area contributed by atoms with E-state index >= 15 is 0 Å². The molecule has 9 heteroatoms. The van der Waals surface area contributed by atoms with Crippen LogP contribution < -0.4 is 16.4 Å². The van der Waals surface area contributed by atoms with Crippen LogP contribution in [0.3, 0.4) is 0 Å². The number of benzene rings is 1. The number of hydrogen-bond acceptors (Lipinski definition) is 5.